The topological polar surface area (TPSA) is 25.8 Å². The van der Waals surface area contributed by atoms with Crippen LogP contribution in [-0.4, -0.2) is 9.97 Å². The maximum atomic E-state index is 13.9. The van der Waals surface area contributed by atoms with Gasteiger partial charge in [-0.05, 0) is 25.1 Å². The van der Waals surface area contributed by atoms with Gasteiger partial charge in [0.2, 0.25) is 0 Å². The van der Waals surface area contributed by atoms with Crippen LogP contribution in [0.4, 0.5) is 4.39 Å². The molecule has 0 aliphatic rings. The summed E-state index contributed by atoms with van der Waals surface area (Å²) < 4.78 is 13.9. The van der Waals surface area contributed by atoms with Crippen molar-refractivity contribution >= 4 is 23.2 Å². The van der Waals surface area contributed by atoms with Crippen molar-refractivity contribution in [3.63, 3.8) is 0 Å². The molecule has 0 amide bonds. The van der Waals surface area contributed by atoms with Gasteiger partial charge < -0.3 is 0 Å². The van der Waals surface area contributed by atoms with Gasteiger partial charge in [0.15, 0.2) is 0 Å². The van der Waals surface area contributed by atoms with Crippen molar-refractivity contribution in [2.45, 2.75) is 20.3 Å². The van der Waals surface area contributed by atoms with Crippen molar-refractivity contribution in [1.29, 1.82) is 0 Å². The molecule has 94 valence electrons. The van der Waals surface area contributed by atoms with Gasteiger partial charge >= 0.3 is 0 Å². The Hall–Kier alpha value is -1.19. The lowest BCUT2D eigenvalue weighted by Gasteiger charge is -2.09. The largest absolute Gasteiger partial charge is 0.232 e. The van der Waals surface area contributed by atoms with Crippen LogP contribution in [0.5, 0.6) is 0 Å². The third-order valence-corrected chi connectivity index (χ3v) is 3.24. The van der Waals surface area contributed by atoms with Crippen LogP contribution in [0.15, 0.2) is 18.2 Å². The summed E-state index contributed by atoms with van der Waals surface area (Å²) in [7, 11) is 0. The predicted molar refractivity (Wildman–Crippen MR) is 71.6 cm³/mol. The van der Waals surface area contributed by atoms with Crippen LogP contribution in [0.25, 0.3) is 11.3 Å². The van der Waals surface area contributed by atoms with Gasteiger partial charge in [-0.15, -0.1) is 0 Å². The van der Waals surface area contributed by atoms with Gasteiger partial charge in [-0.1, -0.05) is 30.1 Å². The van der Waals surface area contributed by atoms with E-state index in [0.29, 0.717) is 39.2 Å². The number of benzene rings is 1. The molecule has 18 heavy (non-hydrogen) atoms. The summed E-state index contributed by atoms with van der Waals surface area (Å²) in [4.78, 5) is 8.46. The molecule has 0 radical (unpaired) electrons. The molecule has 0 fully saturated rings. The smallest absolute Gasteiger partial charge is 0.136 e. The van der Waals surface area contributed by atoms with E-state index < -0.39 is 5.82 Å². The molecule has 0 spiro atoms. The second-order valence-corrected chi connectivity index (χ2v) is 4.68. The van der Waals surface area contributed by atoms with E-state index in [-0.39, 0.29) is 0 Å². The maximum Gasteiger partial charge on any atom is 0.136 e. The predicted octanol–water partition coefficient (Wildman–Crippen LogP) is 4.46. The molecule has 2 nitrogen and oxygen atoms in total. The van der Waals surface area contributed by atoms with E-state index in [1.54, 1.807) is 19.1 Å². The summed E-state index contributed by atoms with van der Waals surface area (Å²) in [6.45, 7) is 3.69. The molecule has 1 aromatic heterocycles. The molecule has 2 aromatic rings. The molecule has 5 heteroatoms. The quantitative estimate of drug-likeness (QED) is 0.761. The highest BCUT2D eigenvalue weighted by atomic mass is 35.5. The van der Waals surface area contributed by atoms with Crippen molar-refractivity contribution in [2.24, 2.45) is 0 Å². The summed E-state index contributed by atoms with van der Waals surface area (Å²) in [5, 5.41) is 0.705. The van der Waals surface area contributed by atoms with Gasteiger partial charge in [0.05, 0.1) is 5.69 Å². The molecular weight excluding hydrogens is 274 g/mol. The summed E-state index contributed by atoms with van der Waals surface area (Å²) in [5.74, 6) is 0.178. The molecule has 0 N–H and O–H groups in total. The number of aromatic nitrogens is 2. The van der Waals surface area contributed by atoms with Crippen LogP contribution in [0.3, 0.4) is 0 Å². The highest BCUT2D eigenvalue weighted by Crippen LogP contribution is 2.29. The number of hydrogen-bond donors (Lipinski definition) is 0. The van der Waals surface area contributed by atoms with Gasteiger partial charge in [0.1, 0.15) is 16.8 Å². The van der Waals surface area contributed by atoms with Gasteiger partial charge in [-0.2, -0.15) is 0 Å². The molecule has 0 atom stereocenters. The second-order valence-electron chi connectivity index (χ2n) is 3.88. The zero-order valence-corrected chi connectivity index (χ0v) is 11.5. The number of halogens is 3. The zero-order chi connectivity index (χ0) is 13.3. The fraction of sp³-hybridized carbons (Fsp3) is 0.231. The Morgan fingerprint density at radius 1 is 1.22 bits per heavy atom. The highest BCUT2D eigenvalue weighted by Gasteiger charge is 2.14. The highest BCUT2D eigenvalue weighted by molar-refractivity contribution is 6.31. The van der Waals surface area contributed by atoms with E-state index in [2.05, 4.69) is 9.97 Å². The summed E-state index contributed by atoms with van der Waals surface area (Å²) in [5.41, 5.74) is 1.56. The van der Waals surface area contributed by atoms with Gasteiger partial charge in [-0.25, -0.2) is 14.4 Å². The number of nitrogens with zero attached hydrogens (tertiary/aromatic N) is 2. The van der Waals surface area contributed by atoms with E-state index in [1.165, 1.54) is 6.07 Å². The average Bonchev–Trinajstić information content (AvgIpc) is 2.33. The molecule has 1 aromatic carbocycles. The first-order valence-corrected chi connectivity index (χ1v) is 6.27. The Balaban J connectivity index is 2.66. The van der Waals surface area contributed by atoms with Crippen molar-refractivity contribution < 1.29 is 4.39 Å². The first-order valence-electron chi connectivity index (χ1n) is 5.51. The average molecular weight is 285 g/mol. The lowest BCUT2D eigenvalue weighted by molar-refractivity contribution is 0.630. The Kier molecular flexibility index (Phi) is 3.83. The third kappa shape index (κ3) is 2.47. The molecule has 0 saturated heterocycles. The fourth-order valence-corrected chi connectivity index (χ4v) is 1.98. The van der Waals surface area contributed by atoms with Gasteiger partial charge in [0, 0.05) is 22.6 Å². The maximum absolute atomic E-state index is 13.9. The lowest BCUT2D eigenvalue weighted by atomic mass is 10.1. The first kappa shape index (κ1) is 13.2. The van der Waals surface area contributed by atoms with E-state index >= 15 is 0 Å². The van der Waals surface area contributed by atoms with Crippen molar-refractivity contribution in [3.8, 4) is 11.3 Å². The summed E-state index contributed by atoms with van der Waals surface area (Å²) in [6.07, 6.45) is 0.641. The van der Waals surface area contributed by atoms with Crippen LogP contribution >= 0.6 is 23.2 Å². The summed E-state index contributed by atoms with van der Waals surface area (Å²) in [6, 6.07) is 4.49. The molecule has 1 heterocycles. The SMILES string of the molecule is CCc1nc(Cl)c(C)c(-c2ccc(Cl)cc2F)n1. The molecule has 0 aliphatic carbocycles. The molecule has 2 rings (SSSR count). The van der Waals surface area contributed by atoms with E-state index in [9.17, 15) is 4.39 Å². The fourth-order valence-electron chi connectivity index (χ4n) is 1.63. The number of hydrogen-bond acceptors (Lipinski definition) is 2. The number of rotatable bonds is 2. The first-order chi connectivity index (χ1) is 8.52. The van der Waals surface area contributed by atoms with E-state index in [0.717, 1.165) is 0 Å². The van der Waals surface area contributed by atoms with Crippen molar-refractivity contribution in [1.82, 2.24) is 9.97 Å². The van der Waals surface area contributed by atoms with Crippen LogP contribution < -0.4 is 0 Å². The standard InChI is InChI=1S/C13H11Cl2FN2/c1-3-11-17-12(7(2)13(15)18-11)9-5-4-8(14)6-10(9)16/h4-6H,3H2,1-2H3. The van der Waals surface area contributed by atoms with Crippen LogP contribution in [0.1, 0.15) is 18.3 Å². The van der Waals surface area contributed by atoms with Gasteiger partial charge in [0.25, 0.3) is 0 Å². The Morgan fingerprint density at radius 2 is 1.94 bits per heavy atom. The van der Waals surface area contributed by atoms with Crippen molar-refractivity contribution in [3.05, 3.63) is 45.6 Å². The lowest BCUT2D eigenvalue weighted by Crippen LogP contribution is -2.00. The molecule has 0 saturated carbocycles. The normalized spacial score (nSPS) is 10.7. The minimum Gasteiger partial charge on any atom is -0.232 e. The van der Waals surface area contributed by atoms with E-state index in [4.69, 9.17) is 23.2 Å². The molecular formula is C13H11Cl2FN2. The van der Waals surface area contributed by atoms with Crippen LogP contribution in [-0.2, 0) is 6.42 Å². The molecule has 0 unspecified atom stereocenters. The Labute approximate surface area is 115 Å². The van der Waals surface area contributed by atoms with Crippen LogP contribution in [0, 0.1) is 12.7 Å². The molecule has 0 bridgehead atoms. The van der Waals surface area contributed by atoms with E-state index in [1.807, 2.05) is 6.92 Å². The van der Waals surface area contributed by atoms with Gasteiger partial charge in [-0.3, -0.25) is 0 Å². The zero-order valence-electron chi connectivity index (χ0n) is 9.97. The molecule has 0 aliphatic heterocycles. The van der Waals surface area contributed by atoms with Crippen LogP contribution in [0.2, 0.25) is 10.2 Å². The minimum atomic E-state index is -0.414. The Bertz CT molecular complexity index is 600. The van der Waals surface area contributed by atoms with Crippen molar-refractivity contribution in [2.75, 3.05) is 0 Å². The monoisotopic (exact) mass is 284 g/mol. The second kappa shape index (κ2) is 5.21. The Morgan fingerprint density at radius 3 is 2.56 bits per heavy atom. The third-order valence-electron chi connectivity index (χ3n) is 2.64. The minimum absolute atomic E-state index is 0.352. The summed E-state index contributed by atoms with van der Waals surface area (Å²) >= 11 is 11.8. The number of aryl methyl sites for hydroxylation is 1.